The molecule has 1 heterocycles. The molecule has 0 bridgehead atoms. The number of rotatable bonds is 5. The molecule has 1 aliphatic carbocycles. The van der Waals surface area contributed by atoms with E-state index in [-0.39, 0.29) is 11.8 Å². The molecule has 1 aliphatic rings. The third-order valence-corrected chi connectivity index (χ3v) is 5.42. The molecule has 0 unspecified atom stereocenters. The molecule has 1 saturated carbocycles. The fourth-order valence-corrected chi connectivity index (χ4v) is 3.75. The van der Waals surface area contributed by atoms with E-state index in [1.165, 1.54) is 5.56 Å². The van der Waals surface area contributed by atoms with Crippen LogP contribution in [0, 0.1) is 12.8 Å². The van der Waals surface area contributed by atoms with Crippen LogP contribution >= 0.6 is 0 Å². The lowest BCUT2D eigenvalue weighted by atomic mass is 9.85. The van der Waals surface area contributed by atoms with E-state index in [1.807, 2.05) is 24.3 Å². The molecule has 5 heteroatoms. The van der Waals surface area contributed by atoms with Gasteiger partial charge in [0.05, 0.1) is 11.0 Å². The van der Waals surface area contributed by atoms with Gasteiger partial charge in [-0.2, -0.15) is 0 Å². The minimum atomic E-state index is 0.115. The van der Waals surface area contributed by atoms with E-state index >= 15 is 0 Å². The summed E-state index contributed by atoms with van der Waals surface area (Å²) < 4.78 is 0. The first kappa shape index (κ1) is 17.6. The second kappa shape index (κ2) is 7.82. The molecule has 2 aromatic carbocycles. The number of aromatic nitrogens is 2. The summed E-state index contributed by atoms with van der Waals surface area (Å²) in [5.74, 6) is 1.12. The molecule has 1 amide bonds. The van der Waals surface area contributed by atoms with Gasteiger partial charge in [-0.15, -0.1) is 0 Å². The summed E-state index contributed by atoms with van der Waals surface area (Å²) in [5, 5.41) is 6.59. The van der Waals surface area contributed by atoms with Gasteiger partial charge in [-0.3, -0.25) is 4.79 Å². The molecule has 5 nitrogen and oxygen atoms in total. The van der Waals surface area contributed by atoms with Crippen LogP contribution in [0.2, 0.25) is 0 Å². The summed E-state index contributed by atoms with van der Waals surface area (Å²) in [6, 6.07) is 16.7. The second-order valence-electron chi connectivity index (χ2n) is 7.50. The van der Waals surface area contributed by atoms with Crippen LogP contribution in [0.1, 0.15) is 36.8 Å². The van der Waals surface area contributed by atoms with E-state index in [0.717, 1.165) is 48.2 Å². The topological polar surface area (TPSA) is 69.8 Å². The highest BCUT2D eigenvalue weighted by Crippen LogP contribution is 2.27. The van der Waals surface area contributed by atoms with Gasteiger partial charge in [-0.25, -0.2) is 4.98 Å². The number of anilines is 1. The molecule has 4 rings (SSSR count). The van der Waals surface area contributed by atoms with Crippen LogP contribution in [-0.4, -0.2) is 21.9 Å². The van der Waals surface area contributed by atoms with Crippen LogP contribution in [0.5, 0.6) is 0 Å². The Morgan fingerprint density at radius 1 is 1.07 bits per heavy atom. The molecule has 3 aromatic rings. The molecule has 1 fully saturated rings. The van der Waals surface area contributed by atoms with Gasteiger partial charge in [0.1, 0.15) is 0 Å². The van der Waals surface area contributed by atoms with Crippen LogP contribution in [0.15, 0.2) is 48.5 Å². The number of aromatic amines is 1. The first-order valence-electron chi connectivity index (χ1n) is 9.72. The van der Waals surface area contributed by atoms with Gasteiger partial charge in [0.25, 0.3) is 0 Å². The number of carbonyl (C=O) groups excluding carboxylic acids is 1. The molecule has 0 saturated heterocycles. The van der Waals surface area contributed by atoms with Crippen molar-refractivity contribution in [1.82, 2.24) is 15.3 Å². The van der Waals surface area contributed by atoms with Crippen LogP contribution < -0.4 is 10.6 Å². The molecule has 140 valence electrons. The number of para-hydroxylation sites is 2. The van der Waals surface area contributed by atoms with Crippen LogP contribution in [0.25, 0.3) is 11.0 Å². The van der Waals surface area contributed by atoms with Crippen LogP contribution in [-0.2, 0) is 11.3 Å². The Labute approximate surface area is 159 Å². The molecule has 27 heavy (non-hydrogen) atoms. The lowest BCUT2D eigenvalue weighted by Gasteiger charge is -2.28. The third-order valence-electron chi connectivity index (χ3n) is 5.42. The minimum Gasteiger partial charge on any atom is -0.353 e. The molecule has 0 spiro atoms. The number of fused-ring (bicyclic) bond motifs is 1. The van der Waals surface area contributed by atoms with E-state index in [0.29, 0.717) is 12.6 Å². The molecule has 1 aromatic heterocycles. The number of benzene rings is 2. The number of H-pyrrole nitrogens is 1. The number of hydrogen-bond donors (Lipinski definition) is 3. The smallest absolute Gasteiger partial charge is 0.223 e. The molecular formula is C22H26N4O. The number of nitrogens with zero attached hydrogens (tertiary/aromatic N) is 1. The molecule has 0 aliphatic heterocycles. The maximum Gasteiger partial charge on any atom is 0.223 e. The summed E-state index contributed by atoms with van der Waals surface area (Å²) >= 11 is 0. The predicted octanol–water partition coefficient (Wildman–Crippen LogP) is 4.16. The number of hydrogen-bond acceptors (Lipinski definition) is 3. The lowest BCUT2D eigenvalue weighted by molar-refractivity contribution is -0.126. The molecule has 0 radical (unpaired) electrons. The van der Waals surface area contributed by atoms with E-state index < -0.39 is 0 Å². The minimum absolute atomic E-state index is 0.115. The zero-order valence-corrected chi connectivity index (χ0v) is 15.7. The zero-order valence-electron chi connectivity index (χ0n) is 15.7. The maximum absolute atomic E-state index is 12.5. The Bertz CT molecular complexity index is 874. The van der Waals surface area contributed by atoms with Crippen molar-refractivity contribution >= 4 is 22.9 Å². The SMILES string of the molecule is Cc1ccc(CNC(=O)[C@H]2CC[C@H](Nc3nc4ccccc4[nH]3)CC2)cc1. The van der Waals surface area contributed by atoms with Crippen molar-refractivity contribution < 1.29 is 4.79 Å². The van der Waals surface area contributed by atoms with Gasteiger partial charge < -0.3 is 15.6 Å². The average molecular weight is 362 g/mol. The number of aryl methyl sites for hydroxylation is 1. The fraction of sp³-hybridized carbons (Fsp3) is 0.364. The van der Waals surface area contributed by atoms with Gasteiger partial charge in [-0.05, 0) is 50.3 Å². The highest BCUT2D eigenvalue weighted by molar-refractivity contribution is 5.79. The first-order valence-corrected chi connectivity index (χ1v) is 9.72. The summed E-state index contributed by atoms with van der Waals surface area (Å²) in [5.41, 5.74) is 4.41. The first-order chi connectivity index (χ1) is 13.2. The van der Waals surface area contributed by atoms with Gasteiger partial charge >= 0.3 is 0 Å². The Morgan fingerprint density at radius 2 is 1.81 bits per heavy atom. The molecular weight excluding hydrogens is 336 g/mol. The Kier molecular flexibility index (Phi) is 5.10. The quantitative estimate of drug-likeness (QED) is 0.638. The van der Waals surface area contributed by atoms with Gasteiger partial charge in [0, 0.05) is 18.5 Å². The lowest BCUT2D eigenvalue weighted by Crippen LogP contribution is -2.35. The predicted molar refractivity (Wildman–Crippen MR) is 108 cm³/mol. The zero-order chi connectivity index (χ0) is 18.6. The fourth-order valence-electron chi connectivity index (χ4n) is 3.75. The third kappa shape index (κ3) is 4.30. The highest BCUT2D eigenvalue weighted by Gasteiger charge is 2.26. The largest absolute Gasteiger partial charge is 0.353 e. The van der Waals surface area contributed by atoms with Crippen molar-refractivity contribution in [3.05, 3.63) is 59.7 Å². The van der Waals surface area contributed by atoms with Crippen molar-refractivity contribution in [3.63, 3.8) is 0 Å². The van der Waals surface area contributed by atoms with E-state index in [9.17, 15) is 4.79 Å². The maximum atomic E-state index is 12.5. The van der Waals surface area contributed by atoms with E-state index in [2.05, 4.69) is 51.8 Å². The number of nitrogens with one attached hydrogen (secondary N) is 3. The van der Waals surface area contributed by atoms with Crippen molar-refractivity contribution in [2.24, 2.45) is 5.92 Å². The Hall–Kier alpha value is -2.82. The van der Waals surface area contributed by atoms with Gasteiger partial charge in [-0.1, -0.05) is 42.0 Å². The Balaban J connectivity index is 1.25. The number of amides is 1. The second-order valence-corrected chi connectivity index (χ2v) is 7.50. The summed E-state index contributed by atoms with van der Waals surface area (Å²) in [7, 11) is 0. The summed E-state index contributed by atoms with van der Waals surface area (Å²) in [4.78, 5) is 20.4. The number of carbonyl (C=O) groups is 1. The van der Waals surface area contributed by atoms with Gasteiger partial charge in [0.15, 0.2) is 0 Å². The van der Waals surface area contributed by atoms with Crippen LogP contribution in [0.3, 0.4) is 0 Å². The summed E-state index contributed by atoms with van der Waals surface area (Å²) in [6.07, 6.45) is 3.80. The van der Waals surface area contributed by atoms with Gasteiger partial charge in [0.2, 0.25) is 11.9 Å². The highest BCUT2D eigenvalue weighted by atomic mass is 16.1. The molecule has 3 N–H and O–H groups in total. The number of imidazole rings is 1. The summed E-state index contributed by atoms with van der Waals surface area (Å²) in [6.45, 7) is 2.68. The normalized spacial score (nSPS) is 19.7. The standard InChI is InChI=1S/C22H26N4O/c1-15-6-8-16(9-7-15)14-23-21(27)17-10-12-18(13-11-17)24-22-25-19-4-2-3-5-20(19)26-22/h2-9,17-18H,10-14H2,1H3,(H,23,27)(H2,24,25,26)/t17-,18-. The van der Waals surface area contributed by atoms with Crippen molar-refractivity contribution in [3.8, 4) is 0 Å². The van der Waals surface area contributed by atoms with Crippen LogP contribution in [0.4, 0.5) is 5.95 Å². The average Bonchev–Trinajstić information content (AvgIpc) is 3.10. The molecule has 0 atom stereocenters. The van der Waals surface area contributed by atoms with Crippen molar-refractivity contribution in [1.29, 1.82) is 0 Å². The van der Waals surface area contributed by atoms with E-state index in [4.69, 9.17) is 0 Å². The Morgan fingerprint density at radius 3 is 2.56 bits per heavy atom. The van der Waals surface area contributed by atoms with Crippen molar-refractivity contribution in [2.45, 2.75) is 45.2 Å². The van der Waals surface area contributed by atoms with E-state index in [1.54, 1.807) is 0 Å². The van der Waals surface area contributed by atoms with Crippen molar-refractivity contribution in [2.75, 3.05) is 5.32 Å². The monoisotopic (exact) mass is 362 g/mol.